The summed E-state index contributed by atoms with van der Waals surface area (Å²) in [4.78, 5) is 34.8. The largest absolute Gasteiger partial charge is 0.466 e. The molecule has 6 heteroatoms. The molecule has 3 atom stereocenters. The lowest BCUT2D eigenvalue weighted by atomic mass is 9.84. The highest BCUT2D eigenvalue weighted by Crippen LogP contribution is 2.25. The molecule has 0 aromatic rings. The fraction of sp³-hybridized carbons (Fsp3) is 0.786. The Balaban J connectivity index is 2.60. The van der Waals surface area contributed by atoms with Crippen molar-refractivity contribution in [3.05, 3.63) is 0 Å². The molecule has 0 radical (unpaired) electrons. The van der Waals surface area contributed by atoms with E-state index in [1.165, 1.54) is 6.92 Å². The molecule has 114 valence electrons. The van der Waals surface area contributed by atoms with Gasteiger partial charge in [0.2, 0.25) is 11.8 Å². The van der Waals surface area contributed by atoms with Gasteiger partial charge in [-0.2, -0.15) is 0 Å². The third-order valence-corrected chi connectivity index (χ3v) is 3.50. The van der Waals surface area contributed by atoms with Crippen molar-refractivity contribution in [2.45, 2.75) is 58.5 Å². The molecule has 0 bridgehead atoms. The summed E-state index contributed by atoms with van der Waals surface area (Å²) < 4.78 is 5.06. The number of ether oxygens (including phenoxy) is 1. The van der Waals surface area contributed by atoms with Crippen molar-refractivity contribution in [3.8, 4) is 0 Å². The molecule has 1 aliphatic rings. The van der Waals surface area contributed by atoms with E-state index in [0.29, 0.717) is 6.61 Å². The summed E-state index contributed by atoms with van der Waals surface area (Å²) in [5.41, 5.74) is 0. The zero-order valence-corrected chi connectivity index (χ0v) is 12.4. The van der Waals surface area contributed by atoms with Gasteiger partial charge in [-0.1, -0.05) is 12.8 Å². The van der Waals surface area contributed by atoms with Crippen molar-refractivity contribution in [2.24, 2.45) is 5.92 Å². The fourth-order valence-corrected chi connectivity index (χ4v) is 2.51. The predicted molar refractivity (Wildman–Crippen MR) is 73.8 cm³/mol. The van der Waals surface area contributed by atoms with Crippen LogP contribution in [0.4, 0.5) is 0 Å². The summed E-state index contributed by atoms with van der Waals surface area (Å²) >= 11 is 0. The van der Waals surface area contributed by atoms with Crippen molar-refractivity contribution < 1.29 is 19.1 Å². The number of esters is 1. The first-order valence-corrected chi connectivity index (χ1v) is 7.19. The minimum Gasteiger partial charge on any atom is -0.466 e. The second-order valence-corrected chi connectivity index (χ2v) is 5.18. The molecule has 0 unspecified atom stereocenters. The summed E-state index contributed by atoms with van der Waals surface area (Å²) in [6.45, 7) is 5.11. The number of amides is 2. The Kier molecular flexibility index (Phi) is 6.48. The highest BCUT2D eigenvalue weighted by molar-refractivity contribution is 5.87. The van der Waals surface area contributed by atoms with E-state index in [1.54, 1.807) is 13.8 Å². The van der Waals surface area contributed by atoms with E-state index in [4.69, 9.17) is 4.74 Å². The summed E-state index contributed by atoms with van der Waals surface area (Å²) in [5, 5.41) is 5.39. The number of nitrogens with one attached hydrogen (secondary N) is 2. The Hall–Kier alpha value is -1.59. The molecule has 20 heavy (non-hydrogen) atoms. The third kappa shape index (κ3) is 4.83. The Bertz CT molecular complexity index is 370. The highest BCUT2D eigenvalue weighted by Gasteiger charge is 2.33. The molecule has 0 aromatic carbocycles. The van der Waals surface area contributed by atoms with Crippen LogP contribution in [0.1, 0.15) is 46.5 Å². The maximum absolute atomic E-state index is 12.0. The van der Waals surface area contributed by atoms with Gasteiger partial charge in [-0.25, -0.2) is 0 Å². The molecule has 0 heterocycles. The summed E-state index contributed by atoms with van der Waals surface area (Å²) in [7, 11) is 0. The summed E-state index contributed by atoms with van der Waals surface area (Å²) in [5.74, 6) is -1.04. The third-order valence-electron chi connectivity index (χ3n) is 3.50. The van der Waals surface area contributed by atoms with Crippen LogP contribution in [0.5, 0.6) is 0 Å². The van der Waals surface area contributed by atoms with Crippen LogP contribution in [0.3, 0.4) is 0 Å². The van der Waals surface area contributed by atoms with Crippen molar-refractivity contribution >= 4 is 17.8 Å². The number of rotatable bonds is 5. The standard InChI is InChI=1S/C14H24N2O4/c1-4-20-14(19)11-7-5-6-8-12(11)16-13(18)9(2)15-10(3)17/h9,11-12H,4-8H2,1-3H3,(H,15,17)(H,16,18)/t9-,11-,12+/m0/s1. The van der Waals surface area contributed by atoms with E-state index in [9.17, 15) is 14.4 Å². The van der Waals surface area contributed by atoms with Crippen LogP contribution < -0.4 is 10.6 Å². The SMILES string of the molecule is CCOC(=O)[C@H]1CCCC[C@H]1NC(=O)[C@H](C)NC(C)=O. The lowest BCUT2D eigenvalue weighted by molar-refractivity contribution is -0.150. The Morgan fingerprint density at radius 1 is 1.25 bits per heavy atom. The Morgan fingerprint density at radius 2 is 1.90 bits per heavy atom. The molecule has 1 saturated carbocycles. The number of hydrogen-bond donors (Lipinski definition) is 2. The van der Waals surface area contributed by atoms with Crippen LogP contribution in [0.2, 0.25) is 0 Å². The van der Waals surface area contributed by atoms with Crippen LogP contribution >= 0.6 is 0 Å². The first-order valence-electron chi connectivity index (χ1n) is 7.19. The van der Waals surface area contributed by atoms with Crippen LogP contribution in [-0.2, 0) is 19.1 Å². The van der Waals surface area contributed by atoms with Crippen LogP contribution in [0.15, 0.2) is 0 Å². The minimum absolute atomic E-state index is 0.202. The molecule has 0 aromatic heterocycles. The van der Waals surface area contributed by atoms with Gasteiger partial charge in [-0.05, 0) is 26.7 Å². The molecule has 1 rings (SSSR count). The van der Waals surface area contributed by atoms with E-state index in [1.807, 2.05) is 0 Å². The van der Waals surface area contributed by atoms with Gasteiger partial charge >= 0.3 is 5.97 Å². The van der Waals surface area contributed by atoms with Gasteiger partial charge in [0.25, 0.3) is 0 Å². The number of carbonyl (C=O) groups is 3. The minimum atomic E-state index is -0.600. The number of carbonyl (C=O) groups excluding carboxylic acids is 3. The van der Waals surface area contributed by atoms with E-state index < -0.39 is 6.04 Å². The van der Waals surface area contributed by atoms with Gasteiger partial charge in [0, 0.05) is 13.0 Å². The number of hydrogen-bond acceptors (Lipinski definition) is 4. The van der Waals surface area contributed by atoms with E-state index in [0.717, 1.165) is 25.7 Å². The van der Waals surface area contributed by atoms with Gasteiger partial charge in [0.15, 0.2) is 0 Å². The molecule has 0 spiro atoms. The average Bonchev–Trinajstić information content (AvgIpc) is 2.38. The van der Waals surface area contributed by atoms with Crippen molar-refractivity contribution in [1.29, 1.82) is 0 Å². The molecule has 1 aliphatic carbocycles. The highest BCUT2D eigenvalue weighted by atomic mass is 16.5. The van der Waals surface area contributed by atoms with E-state index in [2.05, 4.69) is 10.6 Å². The van der Waals surface area contributed by atoms with E-state index in [-0.39, 0.29) is 29.7 Å². The first kappa shape index (κ1) is 16.5. The zero-order valence-electron chi connectivity index (χ0n) is 12.4. The maximum atomic E-state index is 12.0. The van der Waals surface area contributed by atoms with Gasteiger partial charge in [-0.3, -0.25) is 14.4 Å². The summed E-state index contributed by atoms with van der Waals surface area (Å²) in [6, 6.07) is -0.802. The maximum Gasteiger partial charge on any atom is 0.311 e. The molecule has 2 amide bonds. The molecule has 0 saturated heterocycles. The molecule has 0 aliphatic heterocycles. The van der Waals surface area contributed by atoms with E-state index >= 15 is 0 Å². The van der Waals surface area contributed by atoms with Crippen LogP contribution in [-0.4, -0.2) is 36.5 Å². The topological polar surface area (TPSA) is 84.5 Å². The molecular weight excluding hydrogens is 260 g/mol. The van der Waals surface area contributed by atoms with Crippen molar-refractivity contribution in [2.75, 3.05) is 6.61 Å². The predicted octanol–water partition coefficient (Wildman–Crippen LogP) is 0.749. The average molecular weight is 284 g/mol. The van der Waals surface area contributed by atoms with Gasteiger partial charge in [0.1, 0.15) is 6.04 Å². The van der Waals surface area contributed by atoms with Crippen LogP contribution in [0.25, 0.3) is 0 Å². The molecular formula is C14H24N2O4. The summed E-state index contributed by atoms with van der Waals surface area (Å²) in [6.07, 6.45) is 3.45. The monoisotopic (exact) mass is 284 g/mol. The molecule has 6 nitrogen and oxygen atoms in total. The zero-order chi connectivity index (χ0) is 15.1. The van der Waals surface area contributed by atoms with Gasteiger partial charge < -0.3 is 15.4 Å². The lowest BCUT2D eigenvalue weighted by Crippen LogP contribution is -2.51. The second kappa shape index (κ2) is 7.87. The fourth-order valence-electron chi connectivity index (χ4n) is 2.51. The molecule has 2 N–H and O–H groups in total. The van der Waals surface area contributed by atoms with Gasteiger partial charge in [-0.15, -0.1) is 0 Å². The van der Waals surface area contributed by atoms with Crippen molar-refractivity contribution in [3.63, 3.8) is 0 Å². The quantitative estimate of drug-likeness (QED) is 0.730. The second-order valence-electron chi connectivity index (χ2n) is 5.18. The normalized spacial score (nSPS) is 23.6. The Labute approximate surface area is 119 Å². The van der Waals surface area contributed by atoms with Crippen molar-refractivity contribution in [1.82, 2.24) is 10.6 Å². The first-order chi connectivity index (χ1) is 9.45. The molecule has 1 fully saturated rings. The Morgan fingerprint density at radius 3 is 2.50 bits per heavy atom. The van der Waals surface area contributed by atoms with Crippen LogP contribution in [0, 0.1) is 5.92 Å². The smallest absolute Gasteiger partial charge is 0.311 e. The lowest BCUT2D eigenvalue weighted by Gasteiger charge is -2.31. The van der Waals surface area contributed by atoms with Gasteiger partial charge in [0.05, 0.1) is 12.5 Å².